The van der Waals surface area contributed by atoms with Gasteiger partial charge in [0, 0.05) is 23.3 Å². The Kier molecular flexibility index (Phi) is 4.71. The van der Waals surface area contributed by atoms with Gasteiger partial charge in [-0.15, -0.1) is 0 Å². The number of carbonyl (C=O) groups excluding carboxylic acids is 1. The van der Waals surface area contributed by atoms with E-state index in [0.717, 1.165) is 53.2 Å². The summed E-state index contributed by atoms with van der Waals surface area (Å²) in [6.45, 7) is 3.21. The van der Waals surface area contributed by atoms with Crippen molar-refractivity contribution in [2.75, 3.05) is 18.6 Å². The van der Waals surface area contributed by atoms with Gasteiger partial charge in [0.1, 0.15) is 23.1 Å². The zero-order valence-corrected chi connectivity index (χ0v) is 15.6. The fourth-order valence-electron chi connectivity index (χ4n) is 3.76. The van der Waals surface area contributed by atoms with Crippen molar-refractivity contribution >= 4 is 22.5 Å². The quantitative estimate of drug-likeness (QED) is 0.750. The van der Waals surface area contributed by atoms with Gasteiger partial charge in [-0.3, -0.25) is 4.79 Å². The third-order valence-corrected chi connectivity index (χ3v) is 5.01. The first-order valence-electron chi connectivity index (χ1n) is 9.18. The van der Waals surface area contributed by atoms with Crippen molar-refractivity contribution in [2.45, 2.75) is 32.4 Å². The van der Waals surface area contributed by atoms with Gasteiger partial charge in [0.05, 0.1) is 19.9 Å². The highest BCUT2D eigenvalue weighted by Gasteiger charge is 2.32. The smallest absolute Gasteiger partial charge is 0.243 e. The molecular formula is C21H23N3O3. The first kappa shape index (κ1) is 17.4. The van der Waals surface area contributed by atoms with Crippen LogP contribution in [0.5, 0.6) is 5.75 Å². The minimum absolute atomic E-state index is 0.0226. The summed E-state index contributed by atoms with van der Waals surface area (Å²) in [7, 11) is 1.65. The molecule has 2 aromatic heterocycles. The standard InChI is InChI=1S/C21H23N3O3/c1-14-12-18(16-7-3-9-19(26-2)20(16)23-14)24-10-4-8-17(24)21(25)22-13-15-6-5-11-27-15/h3,5-7,9,11-12,17H,4,8,10,13H2,1-2H3,(H,22,25). The van der Waals surface area contributed by atoms with Crippen molar-refractivity contribution in [3.05, 3.63) is 54.1 Å². The van der Waals surface area contributed by atoms with E-state index in [2.05, 4.69) is 21.3 Å². The molecule has 4 rings (SSSR count). The SMILES string of the molecule is COc1cccc2c(N3CCCC3C(=O)NCc3ccco3)cc(C)nc12. The number of aromatic nitrogens is 1. The first-order chi connectivity index (χ1) is 13.2. The van der Waals surface area contributed by atoms with Gasteiger partial charge in [-0.25, -0.2) is 4.98 Å². The summed E-state index contributed by atoms with van der Waals surface area (Å²) in [5.74, 6) is 1.52. The van der Waals surface area contributed by atoms with Crippen LogP contribution in [-0.2, 0) is 11.3 Å². The Labute approximate surface area is 158 Å². The van der Waals surface area contributed by atoms with E-state index in [0.29, 0.717) is 6.54 Å². The number of carbonyl (C=O) groups is 1. The van der Waals surface area contributed by atoms with Crippen LogP contribution in [0.4, 0.5) is 5.69 Å². The Morgan fingerprint density at radius 2 is 2.26 bits per heavy atom. The molecular weight excluding hydrogens is 342 g/mol. The molecule has 27 heavy (non-hydrogen) atoms. The van der Waals surface area contributed by atoms with E-state index >= 15 is 0 Å². The number of furan rings is 1. The van der Waals surface area contributed by atoms with E-state index in [1.54, 1.807) is 13.4 Å². The lowest BCUT2D eigenvalue weighted by Crippen LogP contribution is -2.43. The summed E-state index contributed by atoms with van der Waals surface area (Å²) in [6.07, 6.45) is 3.42. The van der Waals surface area contributed by atoms with Crippen molar-refractivity contribution < 1.29 is 13.9 Å². The number of benzene rings is 1. The molecule has 6 nitrogen and oxygen atoms in total. The molecule has 6 heteroatoms. The number of aryl methyl sites for hydroxylation is 1. The molecule has 1 aliphatic rings. The second-order valence-corrected chi connectivity index (χ2v) is 6.79. The lowest BCUT2D eigenvalue weighted by atomic mass is 10.1. The number of anilines is 1. The maximum atomic E-state index is 12.8. The fourth-order valence-corrected chi connectivity index (χ4v) is 3.76. The van der Waals surface area contributed by atoms with E-state index in [9.17, 15) is 4.79 Å². The van der Waals surface area contributed by atoms with Gasteiger partial charge in [0.15, 0.2) is 0 Å². The topological polar surface area (TPSA) is 67.6 Å². The molecule has 0 bridgehead atoms. The molecule has 0 aliphatic carbocycles. The third kappa shape index (κ3) is 3.35. The number of fused-ring (bicyclic) bond motifs is 1. The van der Waals surface area contributed by atoms with Gasteiger partial charge in [-0.1, -0.05) is 12.1 Å². The number of para-hydroxylation sites is 1. The molecule has 0 radical (unpaired) electrons. The first-order valence-corrected chi connectivity index (χ1v) is 9.18. The Morgan fingerprint density at radius 1 is 1.37 bits per heavy atom. The Balaban J connectivity index is 1.64. The van der Waals surface area contributed by atoms with Crippen LogP contribution >= 0.6 is 0 Å². The average Bonchev–Trinajstić information content (AvgIpc) is 3.36. The zero-order chi connectivity index (χ0) is 18.8. The summed E-state index contributed by atoms with van der Waals surface area (Å²) in [5.41, 5.74) is 2.77. The molecule has 1 aromatic carbocycles. The monoisotopic (exact) mass is 365 g/mol. The van der Waals surface area contributed by atoms with Crippen molar-refractivity contribution in [1.82, 2.24) is 10.3 Å². The van der Waals surface area contributed by atoms with Crippen LogP contribution in [-0.4, -0.2) is 30.6 Å². The van der Waals surface area contributed by atoms with Gasteiger partial charge in [0.25, 0.3) is 0 Å². The predicted molar refractivity (Wildman–Crippen MR) is 104 cm³/mol. The van der Waals surface area contributed by atoms with E-state index in [-0.39, 0.29) is 11.9 Å². The van der Waals surface area contributed by atoms with Crippen LogP contribution in [0.3, 0.4) is 0 Å². The minimum atomic E-state index is -0.198. The molecule has 1 fully saturated rings. The summed E-state index contributed by atoms with van der Waals surface area (Å²) in [6, 6.07) is 11.5. The van der Waals surface area contributed by atoms with Crippen molar-refractivity contribution in [3.8, 4) is 5.75 Å². The summed E-state index contributed by atoms with van der Waals surface area (Å²) in [5, 5.41) is 4.00. The fraction of sp³-hybridized carbons (Fsp3) is 0.333. The largest absolute Gasteiger partial charge is 0.494 e. The second kappa shape index (κ2) is 7.31. The Bertz CT molecular complexity index is 953. The van der Waals surface area contributed by atoms with Crippen LogP contribution < -0.4 is 15.0 Å². The summed E-state index contributed by atoms with van der Waals surface area (Å²) < 4.78 is 10.8. The van der Waals surface area contributed by atoms with Crippen LogP contribution in [0, 0.1) is 6.92 Å². The lowest BCUT2D eigenvalue weighted by Gasteiger charge is -2.27. The molecule has 3 aromatic rings. The summed E-state index contributed by atoms with van der Waals surface area (Å²) >= 11 is 0. The van der Waals surface area contributed by atoms with E-state index in [1.165, 1.54) is 0 Å². The van der Waals surface area contributed by atoms with Crippen molar-refractivity contribution in [2.24, 2.45) is 0 Å². The highest BCUT2D eigenvalue weighted by molar-refractivity contribution is 5.98. The molecule has 0 spiro atoms. The Hall–Kier alpha value is -3.02. The Morgan fingerprint density at radius 3 is 3.04 bits per heavy atom. The van der Waals surface area contributed by atoms with Crippen LogP contribution in [0.1, 0.15) is 24.3 Å². The number of nitrogens with one attached hydrogen (secondary N) is 1. The van der Waals surface area contributed by atoms with Gasteiger partial charge < -0.3 is 19.4 Å². The normalized spacial score (nSPS) is 16.7. The predicted octanol–water partition coefficient (Wildman–Crippen LogP) is 3.43. The summed E-state index contributed by atoms with van der Waals surface area (Å²) in [4.78, 5) is 19.7. The second-order valence-electron chi connectivity index (χ2n) is 6.79. The van der Waals surface area contributed by atoms with Gasteiger partial charge in [-0.05, 0) is 44.0 Å². The molecule has 1 unspecified atom stereocenters. The molecule has 140 valence electrons. The maximum absolute atomic E-state index is 12.8. The van der Waals surface area contributed by atoms with Gasteiger partial charge >= 0.3 is 0 Å². The highest BCUT2D eigenvalue weighted by Crippen LogP contribution is 2.35. The average molecular weight is 365 g/mol. The number of methoxy groups -OCH3 is 1. The van der Waals surface area contributed by atoms with Crippen LogP contribution in [0.25, 0.3) is 10.9 Å². The minimum Gasteiger partial charge on any atom is -0.494 e. The number of rotatable bonds is 5. The van der Waals surface area contributed by atoms with E-state index in [4.69, 9.17) is 9.15 Å². The van der Waals surface area contributed by atoms with Crippen LogP contribution in [0.2, 0.25) is 0 Å². The zero-order valence-electron chi connectivity index (χ0n) is 15.6. The molecule has 1 saturated heterocycles. The molecule has 0 saturated carbocycles. The number of amides is 1. The molecule has 1 atom stereocenters. The molecule has 1 N–H and O–H groups in total. The maximum Gasteiger partial charge on any atom is 0.243 e. The lowest BCUT2D eigenvalue weighted by molar-refractivity contribution is -0.122. The number of pyridine rings is 1. The number of ether oxygens (including phenoxy) is 1. The van der Waals surface area contributed by atoms with E-state index < -0.39 is 0 Å². The number of nitrogens with zero attached hydrogens (tertiary/aromatic N) is 2. The van der Waals surface area contributed by atoms with Gasteiger partial charge in [0.2, 0.25) is 5.91 Å². The number of hydrogen-bond donors (Lipinski definition) is 1. The molecule has 1 amide bonds. The molecule has 1 aliphatic heterocycles. The van der Waals surface area contributed by atoms with Crippen LogP contribution in [0.15, 0.2) is 47.1 Å². The number of hydrogen-bond acceptors (Lipinski definition) is 5. The van der Waals surface area contributed by atoms with Crippen molar-refractivity contribution in [3.63, 3.8) is 0 Å². The highest BCUT2D eigenvalue weighted by atomic mass is 16.5. The van der Waals surface area contributed by atoms with Crippen molar-refractivity contribution in [1.29, 1.82) is 0 Å². The van der Waals surface area contributed by atoms with Gasteiger partial charge in [-0.2, -0.15) is 0 Å². The van der Waals surface area contributed by atoms with E-state index in [1.807, 2.05) is 37.3 Å². The third-order valence-electron chi connectivity index (χ3n) is 5.01. The molecule has 3 heterocycles.